The van der Waals surface area contributed by atoms with Crippen molar-refractivity contribution in [3.63, 3.8) is 0 Å². The Kier molecular flexibility index (Phi) is 3.80. The van der Waals surface area contributed by atoms with Crippen LogP contribution in [0.5, 0.6) is 0 Å². The van der Waals surface area contributed by atoms with E-state index >= 15 is 0 Å². The molecule has 4 N–H and O–H groups in total. The first-order valence-corrected chi connectivity index (χ1v) is 4.37. The highest BCUT2D eigenvalue weighted by atomic mass is 16.4. The molecule has 7 nitrogen and oxygen atoms in total. The van der Waals surface area contributed by atoms with Crippen molar-refractivity contribution < 1.29 is 34.8 Å². The van der Waals surface area contributed by atoms with Gasteiger partial charge in [-0.25, -0.2) is 9.59 Å². The van der Waals surface area contributed by atoms with Crippen LogP contribution in [0.4, 0.5) is 0 Å². The van der Waals surface area contributed by atoms with Gasteiger partial charge in [0.25, 0.3) is 5.60 Å². The van der Waals surface area contributed by atoms with Crippen molar-refractivity contribution in [2.24, 2.45) is 5.41 Å². The van der Waals surface area contributed by atoms with Gasteiger partial charge in [-0.15, -0.1) is 0 Å². The molecule has 0 radical (unpaired) electrons. The zero-order valence-corrected chi connectivity index (χ0v) is 9.09. The van der Waals surface area contributed by atoms with Crippen LogP contribution in [0.3, 0.4) is 0 Å². The summed E-state index contributed by atoms with van der Waals surface area (Å²) in [6.07, 6.45) is -2.71. The van der Waals surface area contributed by atoms with Crippen molar-refractivity contribution >= 4 is 17.7 Å². The largest absolute Gasteiger partial charge is 0.479 e. The van der Waals surface area contributed by atoms with E-state index < -0.39 is 34.8 Å². The number of ketones is 1. The van der Waals surface area contributed by atoms with Crippen molar-refractivity contribution in [1.29, 1.82) is 0 Å². The Morgan fingerprint density at radius 2 is 1.44 bits per heavy atom. The van der Waals surface area contributed by atoms with E-state index in [0.29, 0.717) is 0 Å². The highest BCUT2D eigenvalue weighted by molar-refractivity contribution is 6.12. The summed E-state index contributed by atoms with van der Waals surface area (Å²) in [5, 5.41) is 35.8. The molecule has 0 saturated heterocycles. The van der Waals surface area contributed by atoms with Crippen LogP contribution in [0, 0.1) is 5.41 Å². The van der Waals surface area contributed by atoms with Crippen LogP contribution in [0.25, 0.3) is 0 Å². The molecule has 0 aliphatic carbocycles. The smallest absolute Gasteiger partial charge is 0.347 e. The lowest BCUT2D eigenvalue weighted by Gasteiger charge is -2.30. The summed E-state index contributed by atoms with van der Waals surface area (Å²) in [6.45, 7) is 3.91. The van der Waals surface area contributed by atoms with E-state index in [1.165, 1.54) is 20.8 Å². The molecular formula is C9H14O7. The molecule has 0 aliphatic rings. The van der Waals surface area contributed by atoms with E-state index in [0.717, 1.165) is 0 Å². The summed E-state index contributed by atoms with van der Waals surface area (Å²) in [4.78, 5) is 32.8. The molecule has 0 aromatic heterocycles. The SMILES string of the molecule is CC(C)(C)C(=O)C(O)(C(=O)O)C(O)C(=O)O. The maximum Gasteiger partial charge on any atom is 0.347 e. The average Bonchev–Trinajstić information content (AvgIpc) is 2.12. The number of hydrogen-bond donors (Lipinski definition) is 4. The quantitative estimate of drug-likeness (QED) is 0.452. The highest BCUT2D eigenvalue weighted by Gasteiger charge is 2.57. The Balaban J connectivity index is 5.55. The van der Waals surface area contributed by atoms with Gasteiger partial charge in [0.2, 0.25) is 0 Å². The van der Waals surface area contributed by atoms with Crippen LogP contribution >= 0.6 is 0 Å². The molecule has 0 amide bonds. The Hall–Kier alpha value is -1.47. The molecule has 0 saturated carbocycles. The third-order valence-electron chi connectivity index (χ3n) is 1.98. The number of hydrogen-bond acceptors (Lipinski definition) is 5. The molecule has 2 unspecified atom stereocenters. The third kappa shape index (κ3) is 2.37. The van der Waals surface area contributed by atoms with Gasteiger partial charge in [0.15, 0.2) is 11.9 Å². The van der Waals surface area contributed by atoms with Crippen LogP contribution in [-0.4, -0.2) is 49.9 Å². The fraction of sp³-hybridized carbons (Fsp3) is 0.667. The van der Waals surface area contributed by atoms with Gasteiger partial charge >= 0.3 is 11.9 Å². The van der Waals surface area contributed by atoms with Crippen molar-refractivity contribution in [3.05, 3.63) is 0 Å². The fourth-order valence-electron chi connectivity index (χ4n) is 1.09. The lowest BCUT2D eigenvalue weighted by Crippen LogP contribution is -2.61. The second kappa shape index (κ2) is 4.18. The molecule has 0 aromatic rings. The number of aliphatic hydroxyl groups is 2. The second-order valence-electron chi connectivity index (χ2n) is 4.39. The summed E-state index contributed by atoms with van der Waals surface area (Å²) in [5.74, 6) is -5.35. The van der Waals surface area contributed by atoms with Crippen LogP contribution in [0.15, 0.2) is 0 Å². The van der Waals surface area contributed by atoms with Gasteiger partial charge in [-0.05, 0) is 0 Å². The number of carbonyl (C=O) groups excluding carboxylic acids is 1. The Labute approximate surface area is 91.3 Å². The van der Waals surface area contributed by atoms with E-state index in [1.807, 2.05) is 0 Å². The lowest BCUT2D eigenvalue weighted by atomic mass is 9.77. The normalized spacial score (nSPS) is 17.3. The van der Waals surface area contributed by atoms with E-state index in [2.05, 4.69) is 0 Å². The standard InChI is InChI=1S/C9H14O7/c1-8(2,3)6(13)9(16,7(14)15)4(10)5(11)12/h4,10,16H,1-3H3,(H,11,12)(H,14,15). The number of Topliss-reactive ketones (excluding diaryl/α,β-unsaturated/α-hetero) is 1. The number of carboxylic acid groups (broad SMARTS) is 2. The molecule has 0 heterocycles. The molecule has 0 rings (SSSR count). The first-order valence-electron chi connectivity index (χ1n) is 4.37. The molecule has 0 fully saturated rings. The minimum atomic E-state index is -3.34. The average molecular weight is 234 g/mol. The molecule has 0 aliphatic heterocycles. The zero-order valence-electron chi connectivity index (χ0n) is 9.09. The van der Waals surface area contributed by atoms with Gasteiger partial charge in [0.05, 0.1) is 0 Å². The number of aliphatic carboxylic acids is 2. The van der Waals surface area contributed by atoms with E-state index in [9.17, 15) is 19.5 Å². The molecule has 92 valence electrons. The molecule has 16 heavy (non-hydrogen) atoms. The van der Waals surface area contributed by atoms with Gasteiger partial charge in [0.1, 0.15) is 0 Å². The first-order chi connectivity index (χ1) is 6.95. The topological polar surface area (TPSA) is 132 Å². The van der Waals surface area contributed by atoms with Crippen LogP contribution in [0.1, 0.15) is 20.8 Å². The number of aliphatic hydroxyl groups excluding tert-OH is 1. The predicted molar refractivity (Wildman–Crippen MR) is 50.7 cm³/mol. The van der Waals surface area contributed by atoms with Crippen molar-refractivity contribution in [2.45, 2.75) is 32.5 Å². The number of carboxylic acids is 2. The minimum Gasteiger partial charge on any atom is -0.479 e. The summed E-state index contributed by atoms with van der Waals surface area (Å²) >= 11 is 0. The van der Waals surface area contributed by atoms with Gasteiger partial charge in [-0.2, -0.15) is 0 Å². The van der Waals surface area contributed by atoms with Crippen LogP contribution in [-0.2, 0) is 14.4 Å². The third-order valence-corrected chi connectivity index (χ3v) is 1.98. The van der Waals surface area contributed by atoms with Gasteiger partial charge in [0, 0.05) is 5.41 Å². The fourth-order valence-corrected chi connectivity index (χ4v) is 1.09. The van der Waals surface area contributed by atoms with Crippen molar-refractivity contribution in [2.75, 3.05) is 0 Å². The van der Waals surface area contributed by atoms with Gasteiger partial charge in [-0.3, -0.25) is 4.79 Å². The minimum absolute atomic E-state index is 1.28. The molecule has 0 aromatic carbocycles. The number of rotatable bonds is 4. The summed E-state index contributed by atoms with van der Waals surface area (Å²) in [5.41, 5.74) is -4.65. The van der Waals surface area contributed by atoms with Crippen molar-refractivity contribution in [1.82, 2.24) is 0 Å². The number of carbonyl (C=O) groups is 3. The molecule has 0 bridgehead atoms. The molecule has 0 spiro atoms. The maximum atomic E-state index is 11.6. The zero-order chi connectivity index (χ0) is 13.3. The summed E-state index contributed by atoms with van der Waals surface area (Å²) in [7, 11) is 0. The summed E-state index contributed by atoms with van der Waals surface area (Å²) < 4.78 is 0. The Bertz CT molecular complexity index is 327. The monoisotopic (exact) mass is 234 g/mol. The van der Waals surface area contributed by atoms with Crippen LogP contribution in [0.2, 0.25) is 0 Å². The lowest BCUT2D eigenvalue weighted by molar-refractivity contribution is -0.189. The van der Waals surface area contributed by atoms with Crippen molar-refractivity contribution in [3.8, 4) is 0 Å². The van der Waals surface area contributed by atoms with E-state index in [1.54, 1.807) is 0 Å². The Morgan fingerprint density at radius 3 is 1.62 bits per heavy atom. The predicted octanol–water partition coefficient (Wildman–Crippen LogP) is -1.14. The molecule has 2 atom stereocenters. The molecular weight excluding hydrogens is 220 g/mol. The van der Waals surface area contributed by atoms with Crippen LogP contribution < -0.4 is 0 Å². The summed E-state index contributed by atoms with van der Waals surface area (Å²) in [6, 6.07) is 0. The first kappa shape index (κ1) is 14.5. The van der Waals surface area contributed by atoms with Gasteiger partial charge in [-0.1, -0.05) is 20.8 Å². The maximum absolute atomic E-state index is 11.6. The highest BCUT2D eigenvalue weighted by Crippen LogP contribution is 2.26. The Morgan fingerprint density at radius 1 is 1.06 bits per heavy atom. The van der Waals surface area contributed by atoms with E-state index in [4.69, 9.17) is 15.3 Å². The van der Waals surface area contributed by atoms with Gasteiger partial charge < -0.3 is 20.4 Å². The van der Waals surface area contributed by atoms with E-state index in [-0.39, 0.29) is 0 Å². The molecule has 7 heteroatoms. The second-order valence-corrected chi connectivity index (χ2v) is 4.39.